The Labute approximate surface area is 179 Å². The van der Waals surface area contributed by atoms with E-state index in [1.54, 1.807) is 19.1 Å². The summed E-state index contributed by atoms with van der Waals surface area (Å²) in [5.41, 5.74) is 2.26. The molecule has 162 valence electrons. The molecule has 1 saturated heterocycles. The van der Waals surface area contributed by atoms with Gasteiger partial charge in [-0.3, -0.25) is 4.79 Å². The summed E-state index contributed by atoms with van der Waals surface area (Å²) >= 11 is 0. The van der Waals surface area contributed by atoms with E-state index in [2.05, 4.69) is 12.2 Å². The summed E-state index contributed by atoms with van der Waals surface area (Å²) in [4.78, 5) is 12.8. The van der Waals surface area contributed by atoms with Crippen LogP contribution in [0.15, 0.2) is 47.4 Å². The number of aryl methyl sites for hydroxylation is 2. The highest BCUT2D eigenvalue weighted by Crippen LogP contribution is 2.25. The van der Waals surface area contributed by atoms with Crippen LogP contribution < -0.4 is 10.1 Å². The monoisotopic (exact) mass is 430 g/mol. The molecule has 6 nitrogen and oxygen atoms in total. The van der Waals surface area contributed by atoms with Gasteiger partial charge in [0, 0.05) is 18.7 Å². The molecule has 30 heavy (non-hydrogen) atoms. The molecule has 0 spiro atoms. The van der Waals surface area contributed by atoms with E-state index < -0.39 is 10.0 Å². The maximum absolute atomic E-state index is 13.0. The Balaban J connectivity index is 1.62. The van der Waals surface area contributed by atoms with E-state index in [-0.39, 0.29) is 10.8 Å². The molecule has 1 amide bonds. The predicted molar refractivity (Wildman–Crippen MR) is 117 cm³/mol. The van der Waals surface area contributed by atoms with Crippen molar-refractivity contribution in [1.82, 2.24) is 9.62 Å². The summed E-state index contributed by atoms with van der Waals surface area (Å²) in [6.45, 7) is 7.65. The van der Waals surface area contributed by atoms with Crippen LogP contribution in [0.2, 0.25) is 0 Å². The number of nitrogens with one attached hydrogen (secondary N) is 1. The summed E-state index contributed by atoms with van der Waals surface area (Å²) in [5, 5.41) is 2.81. The molecular formula is C23H30N2O4S. The highest BCUT2D eigenvalue weighted by Gasteiger charge is 2.28. The van der Waals surface area contributed by atoms with Gasteiger partial charge in [-0.2, -0.15) is 4.31 Å². The van der Waals surface area contributed by atoms with Crippen LogP contribution in [-0.2, 0) is 10.0 Å². The van der Waals surface area contributed by atoms with Crippen molar-refractivity contribution >= 4 is 15.9 Å². The van der Waals surface area contributed by atoms with Crippen LogP contribution in [0, 0.1) is 19.8 Å². The number of amides is 1. The van der Waals surface area contributed by atoms with E-state index in [0.717, 1.165) is 29.7 Å². The van der Waals surface area contributed by atoms with Crippen molar-refractivity contribution in [3.63, 3.8) is 0 Å². The zero-order chi connectivity index (χ0) is 21.7. The minimum Gasteiger partial charge on any atom is -0.492 e. The molecular weight excluding hydrogens is 400 g/mol. The molecule has 1 aliphatic rings. The number of benzene rings is 2. The van der Waals surface area contributed by atoms with E-state index in [4.69, 9.17) is 4.74 Å². The fraction of sp³-hybridized carbons (Fsp3) is 0.435. The Kier molecular flexibility index (Phi) is 7.15. The molecule has 0 radical (unpaired) electrons. The molecule has 1 fully saturated rings. The van der Waals surface area contributed by atoms with E-state index in [9.17, 15) is 13.2 Å². The van der Waals surface area contributed by atoms with Crippen molar-refractivity contribution in [3.8, 4) is 5.75 Å². The lowest BCUT2D eigenvalue weighted by molar-refractivity contribution is 0.0946. The van der Waals surface area contributed by atoms with Crippen LogP contribution in [0.25, 0.3) is 0 Å². The first kappa shape index (κ1) is 22.3. The highest BCUT2D eigenvalue weighted by molar-refractivity contribution is 7.89. The van der Waals surface area contributed by atoms with Gasteiger partial charge in [-0.05, 0) is 62.4 Å². The molecule has 0 aliphatic carbocycles. The molecule has 2 aromatic rings. The van der Waals surface area contributed by atoms with Crippen LogP contribution in [0.4, 0.5) is 0 Å². The summed E-state index contributed by atoms with van der Waals surface area (Å²) < 4.78 is 33.1. The van der Waals surface area contributed by atoms with Crippen LogP contribution in [0.5, 0.6) is 5.75 Å². The Morgan fingerprint density at radius 2 is 1.77 bits per heavy atom. The van der Waals surface area contributed by atoms with Crippen molar-refractivity contribution < 1.29 is 17.9 Å². The van der Waals surface area contributed by atoms with Gasteiger partial charge in [0.05, 0.1) is 11.4 Å². The number of nitrogens with zero attached hydrogens (tertiary/aromatic N) is 1. The van der Waals surface area contributed by atoms with E-state index >= 15 is 0 Å². The molecule has 0 unspecified atom stereocenters. The van der Waals surface area contributed by atoms with E-state index in [1.165, 1.54) is 10.4 Å². The van der Waals surface area contributed by atoms with Gasteiger partial charge in [-0.15, -0.1) is 0 Å². The molecule has 1 heterocycles. The molecule has 3 rings (SSSR count). The highest BCUT2D eigenvalue weighted by atomic mass is 32.2. The Morgan fingerprint density at radius 1 is 1.10 bits per heavy atom. The van der Waals surface area contributed by atoms with Crippen LogP contribution in [-0.4, -0.2) is 44.9 Å². The number of hydrogen-bond acceptors (Lipinski definition) is 4. The Hall–Kier alpha value is -2.38. The molecule has 1 N–H and O–H groups in total. The van der Waals surface area contributed by atoms with Crippen LogP contribution in [0.1, 0.15) is 41.3 Å². The third-order valence-corrected chi connectivity index (χ3v) is 7.41. The molecule has 0 atom stereocenters. The average Bonchev–Trinajstić information content (AvgIpc) is 2.73. The number of rotatable bonds is 7. The summed E-state index contributed by atoms with van der Waals surface area (Å²) in [5.74, 6) is 0.984. The lowest BCUT2D eigenvalue weighted by atomic mass is 10.0. The van der Waals surface area contributed by atoms with Crippen LogP contribution >= 0.6 is 0 Å². The average molecular weight is 431 g/mol. The van der Waals surface area contributed by atoms with Gasteiger partial charge in [0.15, 0.2) is 0 Å². The normalized spacial score (nSPS) is 15.7. The Morgan fingerprint density at radius 3 is 2.43 bits per heavy atom. The third-order valence-electron chi connectivity index (χ3n) is 5.51. The molecule has 0 aromatic heterocycles. The first-order chi connectivity index (χ1) is 14.3. The molecule has 2 aromatic carbocycles. The van der Waals surface area contributed by atoms with Gasteiger partial charge in [0.1, 0.15) is 12.4 Å². The van der Waals surface area contributed by atoms with Crippen molar-refractivity contribution in [1.29, 1.82) is 0 Å². The molecule has 0 bridgehead atoms. The molecule has 0 saturated carbocycles. The second kappa shape index (κ2) is 9.62. The second-order valence-electron chi connectivity index (χ2n) is 7.98. The van der Waals surface area contributed by atoms with Gasteiger partial charge in [-0.25, -0.2) is 8.42 Å². The summed E-state index contributed by atoms with van der Waals surface area (Å²) in [6, 6.07) is 12.5. The predicted octanol–water partition coefficient (Wildman–Crippen LogP) is 3.53. The van der Waals surface area contributed by atoms with Crippen molar-refractivity contribution in [2.75, 3.05) is 26.2 Å². The van der Waals surface area contributed by atoms with Crippen LogP contribution in [0.3, 0.4) is 0 Å². The fourth-order valence-electron chi connectivity index (χ4n) is 3.44. The lowest BCUT2D eigenvalue weighted by Crippen LogP contribution is -2.38. The maximum Gasteiger partial charge on any atom is 0.251 e. The fourth-order valence-corrected chi connectivity index (χ4v) is 4.94. The van der Waals surface area contributed by atoms with Gasteiger partial charge >= 0.3 is 0 Å². The number of sulfonamides is 1. The zero-order valence-corrected chi connectivity index (χ0v) is 18.7. The van der Waals surface area contributed by atoms with Crippen molar-refractivity contribution in [2.45, 2.75) is 38.5 Å². The summed E-state index contributed by atoms with van der Waals surface area (Å²) in [7, 11) is -3.59. The van der Waals surface area contributed by atoms with E-state index in [0.29, 0.717) is 37.7 Å². The first-order valence-electron chi connectivity index (χ1n) is 10.4. The SMILES string of the molecule is Cc1ccc(OCCNC(=O)c2cc(S(=O)(=O)N3CCC(C)CC3)ccc2C)cc1. The number of carbonyl (C=O) groups excluding carboxylic acids is 1. The quantitative estimate of drug-likeness (QED) is 0.682. The third kappa shape index (κ3) is 5.40. The molecule has 1 aliphatic heterocycles. The topological polar surface area (TPSA) is 75.7 Å². The first-order valence-corrected chi connectivity index (χ1v) is 11.8. The van der Waals surface area contributed by atoms with Gasteiger partial charge in [0.25, 0.3) is 5.91 Å². The Bertz CT molecular complexity index is 979. The van der Waals surface area contributed by atoms with Crippen molar-refractivity contribution in [3.05, 3.63) is 59.2 Å². The minimum absolute atomic E-state index is 0.170. The second-order valence-corrected chi connectivity index (χ2v) is 9.92. The van der Waals surface area contributed by atoms with Gasteiger partial charge in [0.2, 0.25) is 10.0 Å². The number of ether oxygens (including phenoxy) is 1. The summed E-state index contributed by atoms with van der Waals surface area (Å²) in [6.07, 6.45) is 1.72. The zero-order valence-electron chi connectivity index (χ0n) is 17.8. The largest absolute Gasteiger partial charge is 0.492 e. The maximum atomic E-state index is 13.0. The smallest absolute Gasteiger partial charge is 0.251 e. The number of carbonyl (C=O) groups is 1. The lowest BCUT2D eigenvalue weighted by Gasteiger charge is -2.29. The van der Waals surface area contributed by atoms with Gasteiger partial charge in [-0.1, -0.05) is 30.7 Å². The number of hydrogen-bond donors (Lipinski definition) is 1. The van der Waals surface area contributed by atoms with E-state index in [1.807, 2.05) is 31.2 Å². The minimum atomic E-state index is -3.59. The molecule has 7 heteroatoms. The van der Waals surface area contributed by atoms with Crippen molar-refractivity contribution in [2.24, 2.45) is 5.92 Å². The standard InChI is InChI=1S/C23H30N2O4S/c1-17-4-7-20(8-5-17)29-15-12-24-23(26)22-16-21(9-6-19(22)3)30(27,28)25-13-10-18(2)11-14-25/h4-9,16,18H,10-15H2,1-3H3,(H,24,26). The van der Waals surface area contributed by atoms with Gasteiger partial charge < -0.3 is 10.1 Å². The number of piperidine rings is 1.